The van der Waals surface area contributed by atoms with Crippen molar-refractivity contribution in [2.45, 2.75) is 169 Å². The highest BCUT2D eigenvalue weighted by atomic mass is 16.5. The van der Waals surface area contributed by atoms with E-state index >= 15 is 0 Å². The molecule has 9 atom stereocenters. The Morgan fingerprint density at radius 2 is 1.70 bits per heavy atom. The molecule has 3 saturated carbocycles. The summed E-state index contributed by atoms with van der Waals surface area (Å²) in [5, 5.41) is 10.8. The maximum absolute atomic E-state index is 13.1. The zero-order valence-corrected chi connectivity index (χ0v) is 27.2. The SMILES string of the molecule is CCCCCCCCCC(=O)OC1C[C@H](O)CC2=CC[C@H]3[C@@H]4CC[C@H]([C@H](C)CCCC(C)C)[C@@]4(C)CC[C@@H]3[C@]21C. The Morgan fingerprint density at radius 3 is 2.42 bits per heavy atom. The van der Waals surface area contributed by atoms with E-state index in [4.69, 9.17) is 4.74 Å². The van der Waals surface area contributed by atoms with Gasteiger partial charge in [-0.3, -0.25) is 4.79 Å². The summed E-state index contributed by atoms with van der Waals surface area (Å²) in [4.78, 5) is 13.1. The van der Waals surface area contributed by atoms with Crippen LogP contribution in [0.5, 0.6) is 0 Å². The van der Waals surface area contributed by atoms with Crippen molar-refractivity contribution in [1.82, 2.24) is 0 Å². The van der Waals surface area contributed by atoms with Crippen molar-refractivity contribution in [2.75, 3.05) is 0 Å². The van der Waals surface area contributed by atoms with Gasteiger partial charge < -0.3 is 9.84 Å². The summed E-state index contributed by atoms with van der Waals surface area (Å²) in [5.74, 6) is 4.50. The number of ether oxygens (including phenoxy) is 1. The van der Waals surface area contributed by atoms with E-state index in [1.807, 2.05) is 0 Å². The highest BCUT2D eigenvalue weighted by Crippen LogP contribution is 2.67. The molecule has 1 unspecified atom stereocenters. The van der Waals surface area contributed by atoms with Crippen LogP contribution in [0.25, 0.3) is 0 Å². The first-order chi connectivity index (χ1) is 19.1. The van der Waals surface area contributed by atoms with Gasteiger partial charge in [-0.2, -0.15) is 0 Å². The molecule has 0 radical (unpaired) electrons. The smallest absolute Gasteiger partial charge is 0.306 e. The summed E-state index contributed by atoms with van der Waals surface area (Å²) in [7, 11) is 0. The molecule has 4 rings (SSSR count). The Bertz CT molecular complexity index is 846. The van der Waals surface area contributed by atoms with E-state index < -0.39 is 0 Å². The van der Waals surface area contributed by atoms with Crippen LogP contribution in [0.1, 0.15) is 157 Å². The molecule has 0 aliphatic heterocycles. The predicted octanol–water partition coefficient (Wildman–Crippen LogP) is 10.1. The number of rotatable bonds is 14. The van der Waals surface area contributed by atoms with Crippen molar-refractivity contribution in [3.8, 4) is 0 Å². The molecule has 0 aromatic rings. The number of hydrogen-bond acceptors (Lipinski definition) is 3. The average molecular weight is 557 g/mol. The van der Waals surface area contributed by atoms with E-state index in [1.165, 1.54) is 82.6 Å². The topological polar surface area (TPSA) is 46.5 Å². The molecule has 3 fully saturated rings. The van der Waals surface area contributed by atoms with Crippen LogP contribution in [0.15, 0.2) is 11.6 Å². The van der Waals surface area contributed by atoms with E-state index in [-0.39, 0.29) is 23.6 Å². The molecule has 40 heavy (non-hydrogen) atoms. The molecule has 0 bridgehead atoms. The number of unbranched alkanes of at least 4 members (excludes halogenated alkanes) is 6. The van der Waals surface area contributed by atoms with E-state index in [1.54, 1.807) is 0 Å². The average Bonchev–Trinajstić information content (AvgIpc) is 3.26. The lowest BCUT2D eigenvalue weighted by atomic mass is 9.46. The summed E-state index contributed by atoms with van der Waals surface area (Å²) in [5.41, 5.74) is 1.74. The van der Waals surface area contributed by atoms with Gasteiger partial charge in [0.05, 0.1) is 6.10 Å². The first-order valence-electron chi connectivity index (χ1n) is 17.7. The van der Waals surface area contributed by atoms with Gasteiger partial charge in [-0.1, -0.05) is 111 Å². The molecule has 0 aromatic heterocycles. The van der Waals surface area contributed by atoms with Crippen LogP contribution in [-0.4, -0.2) is 23.3 Å². The summed E-state index contributed by atoms with van der Waals surface area (Å²) < 4.78 is 6.35. The number of fused-ring (bicyclic) bond motifs is 5. The van der Waals surface area contributed by atoms with Gasteiger partial charge in [-0.25, -0.2) is 0 Å². The fourth-order valence-corrected chi connectivity index (χ4v) is 10.3. The van der Waals surface area contributed by atoms with Crippen LogP contribution in [-0.2, 0) is 9.53 Å². The monoisotopic (exact) mass is 556 g/mol. The van der Waals surface area contributed by atoms with E-state index in [9.17, 15) is 9.90 Å². The molecule has 0 aromatic carbocycles. The van der Waals surface area contributed by atoms with Gasteiger partial charge in [0.2, 0.25) is 0 Å². The van der Waals surface area contributed by atoms with Crippen molar-refractivity contribution in [3.63, 3.8) is 0 Å². The molecule has 0 heterocycles. The van der Waals surface area contributed by atoms with E-state index in [0.717, 1.165) is 49.4 Å². The third-order valence-electron chi connectivity index (χ3n) is 12.6. The summed E-state index contributed by atoms with van der Waals surface area (Å²) in [6.07, 6.45) is 22.9. The Hall–Kier alpha value is -0.830. The molecule has 4 aliphatic carbocycles. The lowest BCUT2D eigenvalue weighted by Gasteiger charge is -2.60. The van der Waals surface area contributed by atoms with Gasteiger partial charge in [0, 0.05) is 18.3 Å². The van der Waals surface area contributed by atoms with Crippen molar-refractivity contribution >= 4 is 5.97 Å². The second kappa shape index (κ2) is 14.1. The molecule has 4 aliphatic rings. The van der Waals surface area contributed by atoms with Crippen LogP contribution in [0.4, 0.5) is 0 Å². The number of carbonyl (C=O) groups excluding carboxylic acids is 1. The van der Waals surface area contributed by atoms with Gasteiger partial charge in [0.1, 0.15) is 6.10 Å². The minimum absolute atomic E-state index is 0.0350. The number of allylic oxidation sites excluding steroid dienone is 1. The van der Waals surface area contributed by atoms with E-state index in [2.05, 4.69) is 47.6 Å². The van der Waals surface area contributed by atoms with Gasteiger partial charge in [0.15, 0.2) is 0 Å². The third-order valence-corrected chi connectivity index (χ3v) is 12.6. The number of aliphatic hydroxyl groups excluding tert-OH is 1. The Labute approximate surface area is 247 Å². The number of carbonyl (C=O) groups is 1. The molecular formula is C37H64O3. The number of aliphatic hydroxyl groups is 1. The summed E-state index contributed by atoms with van der Waals surface area (Å²) in [6, 6.07) is 0. The second-order valence-corrected chi connectivity index (χ2v) is 15.6. The van der Waals surface area contributed by atoms with Crippen molar-refractivity contribution in [2.24, 2.45) is 46.3 Å². The Balaban J connectivity index is 1.40. The lowest BCUT2D eigenvalue weighted by Crippen LogP contribution is -2.56. The van der Waals surface area contributed by atoms with Gasteiger partial charge in [-0.15, -0.1) is 0 Å². The summed E-state index contributed by atoms with van der Waals surface area (Å²) in [6.45, 7) is 14.6. The first-order valence-corrected chi connectivity index (χ1v) is 17.7. The standard InChI is InChI=1S/C37H64O3/c1-7-8-9-10-11-12-13-17-35(39)40-34-25-29(38)24-28-18-19-30-32-21-20-31(27(4)16-14-15-26(2)3)36(32,5)23-22-33(30)37(28,34)6/h18,26-27,29-34,38H,7-17,19-25H2,1-6H3/t27-,29-,30+,31-,32+,33+,34?,36-,37+/m1/s1. The summed E-state index contributed by atoms with van der Waals surface area (Å²) >= 11 is 0. The van der Waals surface area contributed by atoms with Crippen LogP contribution >= 0.6 is 0 Å². The van der Waals surface area contributed by atoms with Crippen LogP contribution < -0.4 is 0 Å². The molecule has 1 N–H and O–H groups in total. The number of esters is 1. The largest absolute Gasteiger partial charge is 0.461 e. The van der Waals surface area contributed by atoms with E-state index in [0.29, 0.717) is 30.1 Å². The minimum Gasteiger partial charge on any atom is -0.461 e. The first kappa shape index (κ1) is 32.1. The Kier molecular flexibility index (Phi) is 11.3. The van der Waals surface area contributed by atoms with Crippen LogP contribution in [0.2, 0.25) is 0 Å². The van der Waals surface area contributed by atoms with Gasteiger partial charge in [-0.05, 0) is 85.9 Å². The molecule has 3 heteroatoms. The third kappa shape index (κ3) is 6.86. The molecule has 3 nitrogen and oxygen atoms in total. The van der Waals surface area contributed by atoms with Crippen molar-refractivity contribution in [1.29, 1.82) is 0 Å². The Morgan fingerprint density at radius 1 is 0.975 bits per heavy atom. The second-order valence-electron chi connectivity index (χ2n) is 15.6. The molecular weight excluding hydrogens is 492 g/mol. The van der Waals surface area contributed by atoms with Crippen LogP contribution in [0, 0.1) is 46.3 Å². The minimum atomic E-state index is -0.386. The lowest BCUT2D eigenvalue weighted by molar-refractivity contribution is -0.169. The van der Waals surface area contributed by atoms with Crippen molar-refractivity contribution in [3.05, 3.63) is 11.6 Å². The maximum Gasteiger partial charge on any atom is 0.306 e. The van der Waals surface area contributed by atoms with Crippen LogP contribution in [0.3, 0.4) is 0 Å². The quantitative estimate of drug-likeness (QED) is 0.131. The fraction of sp³-hybridized carbons (Fsp3) is 0.919. The highest BCUT2D eigenvalue weighted by molar-refractivity contribution is 5.69. The molecule has 230 valence electrons. The fourth-order valence-electron chi connectivity index (χ4n) is 10.3. The maximum atomic E-state index is 13.1. The molecule has 0 saturated heterocycles. The van der Waals surface area contributed by atoms with Crippen molar-refractivity contribution < 1.29 is 14.6 Å². The highest BCUT2D eigenvalue weighted by Gasteiger charge is 2.61. The molecule has 0 amide bonds. The zero-order chi connectivity index (χ0) is 28.9. The predicted molar refractivity (Wildman–Crippen MR) is 167 cm³/mol. The number of hydrogen-bond donors (Lipinski definition) is 1. The van der Waals surface area contributed by atoms with Gasteiger partial charge in [0.25, 0.3) is 0 Å². The normalized spacial score (nSPS) is 37.9. The zero-order valence-electron chi connectivity index (χ0n) is 27.2. The molecule has 0 spiro atoms. The van der Waals surface area contributed by atoms with Gasteiger partial charge >= 0.3 is 5.97 Å².